The molecule has 8 aromatic rings. The number of benzene rings is 8. The van der Waals surface area contributed by atoms with Gasteiger partial charge in [0.2, 0.25) is 17.1 Å². The number of fused-ring (bicyclic) bond motifs is 8. The molecule has 2 unspecified atom stereocenters. The molecule has 12 aliphatic rings. The molecule has 8 nitrogen and oxygen atoms in total. The van der Waals surface area contributed by atoms with Gasteiger partial charge in [0.05, 0.1) is 34.1 Å². The maximum atomic E-state index is 2.77. The van der Waals surface area contributed by atoms with Crippen LogP contribution >= 0.6 is 0 Å². The van der Waals surface area contributed by atoms with Gasteiger partial charge in [-0.3, -0.25) is 4.90 Å². The van der Waals surface area contributed by atoms with Crippen molar-refractivity contribution in [2.24, 2.45) is 5.41 Å². The Morgan fingerprint density at radius 2 is 0.518 bits per heavy atom. The predicted octanol–water partition coefficient (Wildman–Crippen LogP) is 28.7. The first-order chi connectivity index (χ1) is 65.4. The predicted molar refractivity (Wildman–Crippen MR) is 579 cm³/mol. The topological polar surface area (TPSA) is 26.4 Å². The minimum atomic E-state index is -1.17. The minimum absolute atomic E-state index is 0.0979. The van der Waals surface area contributed by atoms with E-state index in [1.54, 1.807) is 0 Å². The second-order valence-electron chi connectivity index (χ2n) is 45.6. The van der Waals surface area contributed by atoms with E-state index in [4.69, 9.17) is 0 Å². The lowest BCUT2D eigenvalue weighted by Gasteiger charge is -2.52. The molecule has 2 atom stereocenters. The molecule has 0 spiro atoms. The molecule has 1 N–H and O–H groups in total. The standard InChI is InChI=1S/C129H145N8/c1-121(2)93-53-25-33-61-101(93)130(17)109(121)77-69-85-45-41-46-86(70-78-110-122(3,4)94-54-26-34-62-102(94)131(110)18)117(85)129(118-87(71-79-111-123(5,6)95-55-27-35-63-103(95)132(111)19)47-42-48-88(118)72-80-112-124(7,8)96-56-28-36-64-104(96)133(112)20,119-89(73-81-113-125(9,10)97-57-29-37-65-105(97)134(113)21)49-43-50-90(119)74-82-114-126(11,12)98-58-30-38-66-106(98)135(114)22)120-91(75-83-115-127(13,14)99-59-31-39-67-107(99)136(115)23)51-44-52-92(120)76-84-116-128(15,16)100-60-32-40-68-108(100)137(116)24/h25-40,53-84,109H,41-52H2,1-24H3/q+3/p+1. The van der Waals surface area contributed by atoms with Gasteiger partial charge in [-0.1, -0.05) is 250 Å². The summed E-state index contributed by atoms with van der Waals surface area (Å²) in [5.74, 6) is 0. The zero-order valence-corrected chi connectivity index (χ0v) is 86.4. The summed E-state index contributed by atoms with van der Waals surface area (Å²) in [7, 11) is 18.8. The van der Waals surface area contributed by atoms with Crippen molar-refractivity contribution in [1.82, 2.24) is 0 Å². The van der Waals surface area contributed by atoms with Crippen molar-refractivity contribution in [3.63, 3.8) is 0 Å². The summed E-state index contributed by atoms with van der Waals surface area (Å²) in [4.78, 5) is 11.5. The fraction of sp³-hybridized carbons (Fsp3) is 0.357. The van der Waals surface area contributed by atoms with Gasteiger partial charge in [0, 0.05) is 154 Å². The molecule has 20 rings (SSSR count). The van der Waals surface area contributed by atoms with Crippen molar-refractivity contribution >= 4 is 62.6 Å². The average Bonchev–Trinajstić information content (AvgIpc) is 1.32. The third-order valence-electron chi connectivity index (χ3n) is 35.1. The molecule has 137 heavy (non-hydrogen) atoms. The highest BCUT2D eigenvalue weighted by Gasteiger charge is 2.57. The van der Waals surface area contributed by atoms with Crippen molar-refractivity contribution in [1.29, 1.82) is 0 Å². The lowest BCUT2D eigenvalue weighted by molar-refractivity contribution is -0.828. The van der Waals surface area contributed by atoms with Gasteiger partial charge in [-0.15, -0.1) is 0 Å². The molecule has 0 radical (unpaired) electrons. The van der Waals surface area contributed by atoms with Gasteiger partial charge in [-0.05, 0) is 282 Å². The lowest BCUT2D eigenvalue weighted by atomic mass is 9.50. The third kappa shape index (κ3) is 14.5. The fourth-order valence-corrected chi connectivity index (χ4v) is 27.9. The van der Waals surface area contributed by atoms with Gasteiger partial charge in [0.25, 0.3) is 0 Å². The van der Waals surface area contributed by atoms with Crippen LogP contribution in [0.15, 0.2) is 381 Å². The van der Waals surface area contributed by atoms with E-state index in [1.165, 1.54) is 202 Å². The van der Waals surface area contributed by atoms with Crippen molar-refractivity contribution in [2.45, 2.75) is 237 Å². The molecule has 4 aliphatic carbocycles. The van der Waals surface area contributed by atoms with E-state index in [9.17, 15) is 0 Å². The van der Waals surface area contributed by atoms with E-state index in [2.05, 4.69) is 492 Å². The SMILES string of the molecule is CN1C(=CC=C2CCCC(C=CC3=[N+](C)c4ccccc4C3(C)C)=C2C(C2=C(C=CC3=[N+](C)c4ccccc4C3(C)C)CCCC2=CC=C2N(C)c3ccccc3C2(C)C)(C2=C(C=CC3=[N+](C)c4ccccc4C3(C)C)CCCC2=CC=C2N(C)c3ccccc3C2(C)C)C2=C(C=CC3[NH+](C)c4ccccc4C3(C)C)CCCC2=CC=C2N(C)c3ccccc3C2(C)C)C(C)(C)c2ccccc21. The summed E-state index contributed by atoms with van der Waals surface area (Å²) in [5.41, 5.74) is 43.3. The number of hydrogen-bond donors (Lipinski definition) is 1. The van der Waals surface area contributed by atoms with Gasteiger partial charge in [-0.25, -0.2) is 0 Å². The highest BCUT2D eigenvalue weighted by Crippen LogP contribution is 2.68. The number of anilines is 4. The number of nitrogens with one attached hydrogen (secondary N) is 1. The molecule has 8 aliphatic heterocycles. The fourth-order valence-electron chi connectivity index (χ4n) is 27.9. The molecule has 0 fully saturated rings. The molecule has 0 saturated carbocycles. The van der Waals surface area contributed by atoms with Gasteiger partial charge in [-0.2, -0.15) is 13.7 Å². The van der Waals surface area contributed by atoms with Gasteiger partial charge < -0.3 is 19.6 Å². The highest BCUT2D eigenvalue weighted by atomic mass is 15.2. The Kier molecular flexibility index (Phi) is 23.0. The molecular weight excluding hydrogens is 1660 g/mol. The van der Waals surface area contributed by atoms with Crippen molar-refractivity contribution in [3.05, 3.63) is 426 Å². The van der Waals surface area contributed by atoms with Crippen LogP contribution in [0.2, 0.25) is 0 Å². The van der Waals surface area contributed by atoms with E-state index in [0.29, 0.717) is 0 Å². The smallest absolute Gasteiger partial charge is 0.209 e. The minimum Gasteiger partial charge on any atom is -0.347 e. The van der Waals surface area contributed by atoms with Crippen LogP contribution in [0.4, 0.5) is 45.5 Å². The summed E-state index contributed by atoms with van der Waals surface area (Å²) in [6, 6.07) is 74.0. The Labute approximate surface area is 819 Å². The zero-order chi connectivity index (χ0) is 96.3. The van der Waals surface area contributed by atoms with Gasteiger partial charge in [0.1, 0.15) is 32.9 Å². The molecule has 0 saturated heterocycles. The first-order valence-electron chi connectivity index (χ1n) is 51.1. The summed E-state index contributed by atoms with van der Waals surface area (Å²) < 4.78 is 7.58. The van der Waals surface area contributed by atoms with Gasteiger partial charge in [0.15, 0.2) is 17.1 Å². The maximum Gasteiger partial charge on any atom is 0.209 e. The number of likely N-dealkylation sites (N-methyl/N-ethyl adjacent to an activating group) is 5. The van der Waals surface area contributed by atoms with Crippen LogP contribution in [-0.4, -0.2) is 93.3 Å². The molecular formula is C129H146N8+4. The first kappa shape index (κ1) is 92.5. The lowest BCUT2D eigenvalue weighted by Crippen LogP contribution is -3.07. The molecule has 8 heteroatoms. The third-order valence-corrected chi connectivity index (χ3v) is 35.1. The maximum absolute atomic E-state index is 2.77. The largest absolute Gasteiger partial charge is 0.347 e. The highest BCUT2D eigenvalue weighted by molar-refractivity contribution is 6.05. The molecule has 0 aromatic heterocycles. The molecule has 698 valence electrons. The Morgan fingerprint density at radius 1 is 0.277 bits per heavy atom. The second-order valence-corrected chi connectivity index (χ2v) is 45.6. The Balaban J connectivity index is 1.04. The van der Waals surface area contributed by atoms with Crippen LogP contribution in [0, 0.1) is 5.41 Å². The molecule has 8 heterocycles. The van der Waals surface area contributed by atoms with E-state index in [1.807, 2.05) is 0 Å². The second kappa shape index (κ2) is 34.1. The summed E-state index contributed by atoms with van der Waals surface area (Å²) in [6.07, 6.45) is 53.6. The number of allylic oxidation sites excluding steroid dienone is 31. The Morgan fingerprint density at radius 3 is 0.781 bits per heavy atom. The normalized spacial score (nSPS) is 25.3. The first-order valence-corrected chi connectivity index (χ1v) is 51.1. The number of para-hydroxylation sites is 8. The van der Waals surface area contributed by atoms with Crippen LogP contribution in [0.25, 0.3) is 0 Å². The van der Waals surface area contributed by atoms with Crippen molar-refractivity contribution < 1.29 is 18.6 Å². The van der Waals surface area contributed by atoms with Crippen LogP contribution in [0.5, 0.6) is 0 Å². The number of hydrogen-bond acceptors (Lipinski definition) is 4. The Bertz CT molecular complexity index is 6560. The van der Waals surface area contributed by atoms with E-state index in [-0.39, 0.29) is 49.4 Å². The van der Waals surface area contributed by atoms with Crippen LogP contribution in [0.1, 0.15) is 232 Å². The van der Waals surface area contributed by atoms with Crippen molar-refractivity contribution in [3.8, 4) is 0 Å². The van der Waals surface area contributed by atoms with Crippen LogP contribution < -0.4 is 24.5 Å². The molecule has 8 aromatic carbocycles. The average molecular weight is 1810 g/mol. The summed E-state index contributed by atoms with van der Waals surface area (Å²) in [6.45, 7) is 39.7. The van der Waals surface area contributed by atoms with E-state index < -0.39 is 5.41 Å². The molecule has 0 bridgehead atoms. The number of nitrogens with zero attached hydrogens (tertiary/aromatic N) is 7. The number of rotatable bonds is 16. The van der Waals surface area contributed by atoms with Crippen LogP contribution in [-0.2, 0) is 43.3 Å². The number of quaternary nitrogens is 1. The monoisotopic (exact) mass is 1810 g/mol. The van der Waals surface area contributed by atoms with Gasteiger partial charge >= 0.3 is 0 Å². The Hall–Kier alpha value is -12.2. The van der Waals surface area contributed by atoms with E-state index in [0.717, 1.165) is 77.0 Å². The van der Waals surface area contributed by atoms with Crippen LogP contribution in [0.3, 0.4) is 0 Å². The summed E-state index contributed by atoms with van der Waals surface area (Å²) in [5, 5.41) is 0. The zero-order valence-electron chi connectivity index (χ0n) is 86.4. The quantitative estimate of drug-likeness (QED) is 0.0976. The van der Waals surface area contributed by atoms with E-state index >= 15 is 0 Å². The van der Waals surface area contributed by atoms with Crippen molar-refractivity contribution in [2.75, 3.05) is 76.0 Å². The molecule has 0 amide bonds. The summed E-state index contributed by atoms with van der Waals surface area (Å²) >= 11 is 0.